The minimum atomic E-state index is -1.93. The van der Waals surface area contributed by atoms with Gasteiger partial charge in [-0.05, 0) is 39.0 Å². The number of H-pyrrole nitrogens is 1. The van der Waals surface area contributed by atoms with E-state index in [0.717, 1.165) is 18.3 Å². The molecule has 2 aromatic heterocycles. The molecule has 3 N–H and O–H groups in total. The van der Waals surface area contributed by atoms with Crippen LogP contribution in [0.4, 0.5) is 13.2 Å². The summed E-state index contributed by atoms with van der Waals surface area (Å²) in [5, 5.41) is 12.7. The third kappa shape index (κ3) is 4.36. The monoisotopic (exact) mass is 436 g/mol. The Morgan fingerprint density at radius 1 is 1.19 bits per heavy atom. The van der Waals surface area contributed by atoms with Crippen LogP contribution in [0.25, 0.3) is 10.9 Å². The number of pyridine rings is 1. The van der Waals surface area contributed by atoms with Crippen molar-refractivity contribution in [2.75, 3.05) is 0 Å². The number of carbonyl (C=O) groups excluding carboxylic acids is 1. The van der Waals surface area contributed by atoms with E-state index in [9.17, 15) is 32.7 Å². The van der Waals surface area contributed by atoms with Gasteiger partial charge in [0.2, 0.25) is 5.91 Å². The molecule has 2 atom stereocenters. The fourth-order valence-electron chi connectivity index (χ4n) is 3.29. The van der Waals surface area contributed by atoms with E-state index in [4.69, 9.17) is 0 Å². The number of aromatic nitrogens is 3. The van der Waals surface area contributed by atoms with E-state index in [0.29, 0.717) is 10.6 Å². The Hall–Kier alpha value is -3.47. The lowest BCUT2D eigenvalue weighted by molar-refractivity contribution is -0.132. The molecule has 11 heteroatoms. The van der Waals surface area contributed by atoms with Crippen LogP contribution < -0.4 is 16.6 Å². The van der Waals surface area contributed by atoms with E-state index in [1.54, 1.807) is 0 Å². The molecule has 0 unspecified atom stereocenters. The van der Waals surface area contributed by atoms with Gasteiger partial charge in [-0.1, -0.05) is 0 Å². The SMILES string of the molecule is C[C@@H](NC(=O)[C@@H](n1c(=O)[nH]c2ccc(F)cc2c1=O)C(C)(C)O)c1ncc(F)cc1F. The van der Waals surface area contributed by atoms with Crippen molar-refractivity contribution in [2.45, 2.75) is 38.5 Å². The molecule has 164 valence electrons. The molecule has 0 spiro atoms. The zero-order valence-electron chi connectivity index (χ0n) is 16.7. The quantitative estimate of drug-likeness (QED) is 0.563. The lowest BCUT2D eigenvalue weighted by Crippen LogP contribution is -2.53. The fourth-order valence-corrected chi connectivity index (χ4v) is 3.29. The Balaban J connectivity index is 2.08. The maximum absolute atomic E-state index is 14.0. The number of carbonyl (C=O) groups is 1. The van der Waals surface area contributed by atoms with Gasteiger partial charge in [-0.15, -0.1) is 0 Å². The molecule has 0 saturated heterocycles. The summed E-state index contributed by atoms with van der Waals surface area (Å²) in [5.41, 5.74) is -4.18. The average molecular weight is 436 g/mol. The van der Waals surface area contributed by atoms with Crippen LogP contribution in [0.1, 0.15) is 38.5 Å². The fraction of sp³-hybridized carbons (Fsp3) is 0.300. The summed E-state index contributed by atoms with van der Waals surface area (Å²) in [6.07, 6.45) is 0.765. The number of hydrogen-bond donors (Lipinski definition) is 3. The van der Waals surface area contributed by atoms with Crippen LogP contribution in [-0.4, -0.2) is 31.1 Å². The number of aliphatic hydroxyl groups is 1. The highest BCUT2D eigenvalue weighted by molar-refractivity contribution is 5.83. The van der Waals surface area contributed by atoms with E-state index < -0.39 is 52.3 Å². The van der Waals surface area contributed by atoms with E-state index >= 15 is 0 Å². The van der Waals surface area contributed by atoms with E-state index in [2.05, 4.69) is 15.3 Å². The lowest BCUT2D eigenvalue weighted by Gasteiger charge is -2.30. The van der Waals surface area contributed by atoms with Crippen molar-refractivity contribution in [3.05, 3.63) is 74.4 Å². The molecule has 3 rings (SSSR count). The summed E-state index contributed by atoms with van der Waals surface area (Å²) in [7, 11) is 0. The number of fused-ring (bicyclic) bond motifs is 1. The third-order valence-corrected chi connectivity index (χ3v) is 4.67. The molecule has 0 aliphatic heterocycles. The summed E-state index contributed by atoms with van der Waals surface area (Å²) in [6, 6.07) is 0.874. The zero-order chi connectivity index (χ0) is 23.1. The van der Waals surface area contributed by atoms with Gasteiger partial charge in [0.1, 0.15) is 23.5 Å². The first-order chi connectivity index (χ1) is 14.4. The summed E-state index contributed by atoms with van der Waals surface area (Å²) in [6.45, 7) is 3.74. The first kappa shape index (κ1) is 22.2. The Morgan fingerprint density at radius 3 is 2.48 bits per heavy atom. The first-order valence-corrected chi connectivity index (χ1v) is 9.18. The summed E-state index contributed by atoms with van der Waals surface area (Å²) < 4.78 is 41.2. The van der Waals surface area contributed by atoms with Crippen LogP contribution in [-0.2, 0) is 4.79 Å². The molecule has 0 bridgehead atoms. The second-order valence-corrected chi connectivity index (χ2v) is 7.60. The molecule has 0 radical (unpaired) electrons. The Labute approximate surface area is 173 Å². The van der Waals surface area contributed by atoms with Crippen molar-refractivity contribution in [2.24, 2.45) is 0 Å². The van der Waals surface area contributed by atoms with Gasteiger partial charge in [0, 0.05) is 6.07 Å². The van der Waals surface area contributed by atoms with Crippen LogP contribution in [0.15, 0.2) is 40.1 Å². The molecule has 8 nitrogen and oxygen atoms in total. The lowest BCUT2D eigenvalue weighted by atomic mass is 9.97. The van der Waals surface area contributed by atoms with Gasteiger partial charge in [0.25, 0.3) is 5.56 Å². The molecule has 0 fully saturated rings. The number of nitrogens with one attached hydrogen (secondary N) is 2. The molecule has 1 amide bonds. The molecule has 2 heterocycles. The van der Waals surface area contributed by atoms with Crippen LogP contribution in [0.2, 0.25) is 0 Å². The number of nitrogens with zero attached hydrogens (tertiary/aromatic N) is 2. The van der Waals surface area contributed by atoms with Crippen LogP contribution >= 0.6 is 0 Å². The van der Waals surface area contributed by atoms with Crippen molar-refractivity contribution in [1.29, 1.82) is 0 Å². The van der Waals surface area contributed by atoms with E-state index in [-0.39, 0.29) is 16.6 Å². The maximum Gasteiger partial charge on any atom is 0.329 e. The van der Waals surface area contributed by atoms with Crippen LogP contribution in [0.5, 0.6) is 0 Å². The van der Waals surface area contributed by atoms with Crippen molar-refractivity contribution >= 4 is 16.8 Å². The summed E-state index contributed by atoms with van der Waals surface area (Å²) in [4.78, 5) is 44.5. The maximum atomic E-state index is 14.0. The first-order valence-electron chi connectivity index (χ1n) is 9.18. The summed E-state index contributed by atoms with van der Waals surface area (Å²) >= 11 is 0. The number of amides is 1. The second kappa shape index (κ2) is 7.99. The van der Waals surface area contributed by atoms with Crippen molar-refractivity contribution < 1.29 is 23.1 Å². The highest BCUT2D eigenvalue weighted by Gasteiger charge is 2.38. The topological polar surface area (TPSA) is 117 Å². The third-order valence-electron chi connectivity index (χ3n) is 4.67. The predicted molar refractivity (Wildman–Crippen MR) is 105 cm³/mol. The molecule has 3 aromatic rings. The summed E-state index contributed by atoms with van der Waals surface area (Å²) in [5.74, 6) is -3.66. The number of rotatable bonds is 5. The minimum Gasteiger partial charge on any atom is -0.388 e. The molecule has 31 heavy (non-hydrogen) atoms. The largest absolute Gasteiger partial charge is 0.388 e. The van der Waals surface area contributed by atoms with Gasteiger partial charge < -0.3 is 15.4 Å². The molecule has 0 aliphatic rings. The van der Waals surface area contributed by atoms with Gasteiger partial charge >= 0.3 is 5.69 Å². The number of halogens is 3. The van der Waals surface area contributed by atoms with Crippen molar-refractivity contribution in [3.8, 4) is 0 Å². The molecular weight excluding hydrogens is 417 g/mol. The average Bonchev–Trinajstić information content (AvgIpc) is 2.64. The van der Waals surface area contributed by atoms with Gasteiger partial charge in [0.15, 0.2) is 0 Å². The highest BCUT2D eigenvalue weighted by atomic mass is 19.1. The van der Waals surface area contributed by atoms with Crippen LogP contribution in [0, 0.1) is 17.5 Å². The molecule has 1 aromatic carbocycles. The highest BCUT2D eigenvalue weighted by Crippen LogP contribution is 2.23. The van der Waals surface area contributed by atoms with Gasteiger partial charge in [-0.25, -0.2) is 22.5 Å². The van der Waals surface area contributed by atoms with Gasteiger partial charge in [0.05, 0.1) is 34.4 Å². The number of hydrogen-bond acceptors (Lipinski definition) is 5. The van der Waals surface area contributed by atoms with Gasteiger partial charge in [-0.3, -0.25) is 14.6 Å². The normalized spacial score (nSPS) is 13.8. The Kier molecular flexibility index (Phi) is 5.72. The Morgan fingerprint density at radius 2 is 1.87 bits per heavy atom. The minimum absolute atomic E-state index is 0.0495. The molecule has 0 aliphatic carbocycles. The zero-order valence-corrected chi connectivity index (χ0v) is 16.7. The predicted octanol–water partition coefficient (Wildman–Crippen LogP) is 1.69. The second-order valence-electron chi connectivity index (χ2n) is 7.60. The van der Waals surface area contributed by atoms with Crippen molar-refractivity contribution in [1.82, 2.24) is 19.9 Å². The van der Waals surface area contributed by atoms with E-state index in [1.165, 1.54) is 26.8 Å². The molecular formula is C20H19F3N4O4. The number of benzene rings is 1. The standard InChI is InChI=1S/C20H19F3N4O4/c1-9(15-13(23)7-11(22)8-24-15)25-17(28)16(20(2,3)31)27-18(29)12-6-10(21)4-5-14(12)26-19(27)30/h4-9,16,31H,1-3H3,(H,25,28)(H,26,30)/t9-,16-/m1/s1. The Bertz CT molecular complexity index is 1280. The van der Waals surface area contributed by atoms with E-state index in [1.807, 2.05) is 0 Å². The number of aromatic amines is 1. The van der Waals surface area contributed by atoms with Crippen molar-refractivity contribution in [3.63, 3.8) is 0 Å². The molecule has 0 saturated carbocycles. The van der Waals surface area contributed by atoms with Crippen LogP contribution in [0.3, 0.4) is 0 Å². The smallest absolute Gasteiger partial charge is 0.329 e. The van der Waals surface area contributed by atoms with Gasteiger partial charge in [-0.2, -0.15) is 0 Å².